The van der Waals surface area contributed by atoms with Gasteiger partial charge in [-0.25, -0.2) is 9.78 Å². The number of hydrogen-bond donors (Lipinski definition) is 0. The van der Waals surface area contributed by atoms with Gasteiger partial charge in [0, 0.05) is 32.7 Å². The van der Waals surface area contributed by atoms with Crippen LogP contribution in [0.4, 0.5) is 5.13 Å². The third-order valence-corrected chi connectivity index (χ3v) is 4.81. The van der Waals surface area contributed by atoms with Crippen LogP contribution in [-0.4, -0.2) is 49.1 Å². The van der Waals surface area contributed by atoms with Crippen LogP contribution in [0, 0.1) is 0 Å². The SMILES string of the molecule is COC(=O)c1cnc(N2CCN(Cc3ccccc3)CC2)s1. The maximum absolute atomic E-state index is 11.5. The van der Waals surface area contributed by atoms with Gasteiger partial charge in [-0.2, -0.15) is 0 Å². The molecular formula is C16H19N3O2S. The number of anilines is 1. The van der Waals surface area contributed by atoms with Crippen LogP contribution in [0.1, 0.15) is 15.2 Å². The highest BCUT2D eigenvalue weighted by Gasteiger charge is 2.20. The average Bonchev–Trinajstić information content (AvgIpc) is 3.06. The van der Waals surface area contributed by atoms with E-state index >= 15 is 0 Å². The molecule has 2 aromatic rings. The van der Waals surface area contributed by atoms with Crippen LogP contribution in [0.25, 0.3) is 0 Å². The van der Waals surface area contributed by atoms with E-state index in [4.69, 9.17) is 4.74 Å². The van der Waals surface area contributed by atoms with Crippen molar-refractivity contribution in [3.8, 4) is 0 Å². The molecule has 0 bridgehead atoms. The Morgan fingerprint density at radius 2 is 1.95 bits per heavy atom. The van der Waals surface area contributed by atoms with Crippen molar-refractivity contribution in [3.63, 3.8) is 0 Å². The van der Waals surface area contributed by atoms with E-state index in [2.05, 4.69) is 39.0 Å². The molecule has 0 unspecified atom stereocenters. The van der Waals surface area contributed by atoms with Gasteiger partial charge < -0.3 is 9.64 Å². The van der Waals surface area contributed by atoms with Gasteiger partial charge in [0.15, 0.2) is 5.13 Å². The Morgan fingerprint density at radius 3 is 2.64 bits per heavy atom. The first-order chi connectivity index (χ1) is 10.8. The fourth-order valence-corrected chi connectivity index (χ4v) is 3.43. The molecule has 0 N–H and O–H groups in total. The Bertz CT molecular complexity index is 621. The van der Waals surface area contributed by atoms with Gasteiger partial charge in [-0.3, -0.25) is 4.90 Å². The molecule has 0 spiro atoms. The lowest BCUT2D eigenvalue weighted by atomic mass is 10.2. The van der Waals surface area contributed by atoms with Crippen molar-refractivity contribution < 1.29 is 9.53 Å². The van der Waals surface area contributed by atoms with Crippen molar-refractivity contribution in [1.82, 2.24) is 9.88 Å². The molecule has 1 aliphatic heterocycles. The van der Waals surface area contributed by atoms with Gasteiger partial charge in [0.25, 0.3) is 0 Å². The van der Waals surface area contributed by atoms with Crippen LogP contribution in [0.5, 0.6) is 0 Å². The van der Waals surface area contributed by atoms with E-state index < -0.39 is 0 Å². The zero-order valence-corrected chi connectivity index (χ0v) is 13.4. The molecule has 5 nitrogen and oxygen atoms in total. The smallest absolute Gasteiger partial charge is 0.349 e. The Balaban J connectivity index is 1.55. The van der Waals surface area contributed by atoms with Crippen molar-refractivity contribution in [2.75, 3.05) is 38.2 Å². The number of ether oxygens (including phenoxy) is 1. The number of aromatic nitrogens is 1. The molecule has 2 heterocycles. The summed E-state index contributed by atoms with van der Waals surface area (Å²) in [5.74, 6) is -0.313. The van der Waals surface area contributed by atoms with Crippen LogP contribution in [0.15, 0.2) is 36.5 Å². The largest absolute Gasteiger partial charge is 0.465 e. The number of benzene rings is 1. The van der Waals surface area contributed by atoms with Crippen LogP contribution in [-0.2, 0) is 11.3 Å². The molecule has 1 saturated heterocycles. The Morgan fingerprint density at radius 1 is 1.23 bits per heavy atom. The predicted molar refractivity (Wildman–Crippen MR) is 87.4 cm³/mol. The number of nitrogens with zero attached hydrogens (tertiary/aromatic N) is 3. The topological polar surface area (TPSA) is 45.7 Å². The number of piperazine rings is 1. The standard InChI is InChI=1S/C16H19N3O2S/c1-21-15(20)14-11-17-16(22-14)19-9-7-18(8-10-19)12-13-5-3-2-4-6-13/h2-6,11H,7-10,12H2,1H3. The molecule has 1 fully saturated rings. The van der Waals surface area contributed by atoms with Gasteiger partial charge in [0.05, 0.1) is 13.3 Å². The Hall–Kier alpha value is -1.92. The first-order valence-electron chi connectivity index (χ1n) is 7.31. The fraction of sp³-hybridized carbons (Fsp3) is 0.375. The summed E-state index contributed by atoms with van der Waals surface area (Å²) in [6.07, 6.45) is 1.60. The number of carbonyl (C=O) groups is 1. The molecule has 0 radical (unpaired) electrons. The van der Waals surface area contributed by atoms with Crippen LogP contribution >= 0.6 is 11.3 Å². The van der Waals surface area contributed by atoms with Gasteiger partial charge in [0.2, 0.25) is 0 Å². The summed E-state index contributed by atoms with van der Waals surface area (Å²) in [6.45, 7) is 4.85. The van der Waals surface area contributed by atoms with E-state index in [-0.39, 0.29) is 5.97 Å². The van der Waals surface area contributed by atoms with Crippen LogP contribution in [0.2, 0.25) is 0 Å². The summed E-state index contributed by atoms with van der Waals surface area (Å²) in [7, 11) is 1.39. The van der Waals surface area contributed by atoms with Crippen molar-refractivity contribution in [2.45, 2.75) is 6.54 Å². The zero-order chi connectivity index (χ0) is 15.4. The van der Waals surface area contributed by atoms with Gasteiger partial charge in [-0.1, -0.05) is 41.7 Å². The number of methoxy groups -OCH3 is 1. The fourth-order valence-electron chi connectivity index (χ4n) is 2.54. The molecule has 22 heavy (non-hydrogen) atoms. The molecule has 1 aliphatic rings. The van der Waals surface area contributed by atoms with E-state index in [1.54, 1.807) is 6.20 Å². The molecule has 0 aliphatic carbocycles. The van der Waals surface area contributed by atoms with Crippen molar-refractivity contribution in [3.05, 3.63) is 47.0 Å². The third-order valence-electron chi connectivity index (χ3n) is 3.77. The minimum atomic E-state index is -0.313. The summed E-state index contributed by atoms with van der Waals surface area (Å²) in [4.78, 5) is 21.1. The number of thiazole rings is 1. The number of esters is 1. The monoisotopic (exact) mass is 317 g/mol. The first kappa shape index (κ1) is 15.0. The maximum atomic E-state index is 11.5. The zero-order valence-electron chi connectivity index (χ0n) is 12.6. The lowest BCUT2D eigenvalue weighted by Crippen LogP contribution is -2.45. The second-order valence-corrected chi connectivity index (χ2v) is 6.26. The third kappa shape index (κ3) is 3.45. The molecule has 116 valence electrons. The Kier molecular flexibility index (Phi) is 4.70. The van der Waals surface area contributed by atoms with Gasteiger partial charge >= 0.3 is 5.97 Å². The highest BCUT2D eigenvalue weighted by molar-refractivity contribution is 7.17. The molecule has 0 amide bonds. The van der Waals surface area contributed by atoms with Gasteiger partial charge in [-0.15, -0.1) is 0 Å². The molecule has 3 rings (SSSR count). The molecule has 0 saturated carbocycles. The first-order valence-corrected chi connectivity index (χ1v) is 8.13. The summed E-state index contributed by atoms with van der Waals surface area (Å²) in [5.41, 5.74) is 1.35. The summed E-state index contributed by atoms with van der Waals surface area (Å²) < 4.78 is 4.73. The molecule has 6 heteroatoms. The van der Waals surface area contributed by atoms with Crippen molar-refractivity contribution in [2.24, 2.45) is 0 Å². The quantitative estimate of drug-likeness (QED) is 0.809. The maximum Gasteiger partial charge on any atom is 0.349 e. The molecular weight excluding hydrogens is 298 g/mol. The molecule has 0 atom stereocenters. The van der Waals surface area contributed by atoms with Crippen molar-refractivity contribution in [1.29, 1.82) is 0 Å². The minimum absolute atomic E-state index is 0.313. The number of hydrogen-bond acceptors (Lipinski definition) is 6. The van der Waals surface area contributed by atoms with Crippen molar-refractivity contribution >= 4 is 22.4 Å². The van der Waals surface area contributed by atoms with Crippen LogP contribution in [0.3, 0.4) is 0 Å². The number of carbonyl (C=O) groups excluding carboxylic acids is 1. The summed E-state index contributed by atoms with van der Waals surface area (Å²) in [5, 5.41) is 0.903. The van der Waals surface area contributed by atoms with Gasteiger partial charge in [-0.05, 0) is 5.56 Å². The van der Waals surface area contributed by atoms with Crippen LogP contribution < -0.4 is 4.90 Å². The highest BCUT2D eigenvalue weighted by atomic mass is 32.1. The second kappa shape index (κ2) is 6.89. The predicted octanol–water partition coefficient (Wildman–Crippen LogP) is 2.25. The van der Waals surface area contributed by atoms with Gasteiger partial charge in [0.1, 0.15) is 4.88 Å². The lowest BCUT2D eigenvalue weighted by molar-refractivity contribution is 0.0606. The molecule has 1 aromatic heterocycles. The summed E-state index contributed by atoms with van der Waals surface area (Å²) >= 11 is 1.40. The highest BCUT2D eigenvalue weighted by Crippen LogP contribution is 2.24. The van der Waals surface area contributed by atoms with E-state index in [9.17, 15) is 4.79 Å². The minimum Gasteiger partial charge on any atom is -0.465 e. The lowest BCUT2D eigenvalue weighted by Gasteiger charge is -2.34. The second-order valence-electron chi connectivity index (χ2n) is 5.25. The van der Waals surface area contributed by atoms with E-state index in [0.717, 1.165) is 37.9 Å². The Labute approximate surface area is 134 Å². The van der Waals surface area contributed by atoms with E-state index in [0.29, 0.717) is 4.88 Å². The van der Waals surface area contributed by atoms with E-state index in [1.165, 1.54) is 24.0 Å². The normalized spacial score (nSPS) is 15.8. The van der Waals surface area contributed by atoms with E-state index in [1.807, 2.05) is 6.07 Å². The average molecular weight is 317 g/mol. The number of rotatable bonds is 4. The molecule has 1 aromatic carbocycles. The summed E-state index contributed by atoms with van der Waals surface area (Å²) in [6, 6.07) is 10.5.